The van der Waals surface area contributed by atoms with Crippen molar-refractivity contribution in [2.75, 3.05) is 21.1 Å². The smallest absolute Gasteiger partial charge is 0.239 e. The quantitative estimate of drug-likeness (QED) is 0.920. The summed E-state index contributed by atoms with van der Waals surface area (Å²) in [7, 11) is 5.36. The predicted octanol–water partition coefficient (Wildman–Crippen LogP) is 2.12. The highest BCUT2D eigenvalue weighted by atomic mass is 19.1. The van der Waals surface area contributed by atoms with Crippen molar-refractivity contribution in [3.05, 3.63) is 41.8 Å². The topological polar surface area (TPSA) is 52.2 Å². The third kappa shape index (κ3) is 3.51. The first-order valence-electron chi connectivity index (χ1n) is 7.09. The molecule has 118 valence electrons. The van der Waals surface area contributed by atoms with Gasteiger partial charge in [-0.3, -0.25) is 14.8 Å². The molecule has 1 N–H and O–H groups in total. The maximum atomic E-state index is 13.4. The molecule has 0 fully saturated rings. The zero-order chi connectivity index (χ0) is 16.3. The molecule has 1 heterocycles. The van der Waals surface area contributed by atoms with Crippen molar-refractivity contribution in [2.45, 2.75) is 19.5 Å². The molecule has 0 saturated heterocycles. The van der Waals surface area contributed by atoms with Crippen molar-refractivity contribution in [1.29, 1.82) is 0 Å². The minimum absolute atomic E-state index is 0.0401. The lowest BCUT2D eigenvalue weighted by Gasteiger charge is -2.26. The van der Waals surface area contributed by atoms with Gasteiger partial charge >= 0.3 is 0 Å². The fraction of sp³-hybridized carbons (Fsp3) is 0.375. The van der Waals surface area contributed by atoms with E-state index in [2.05, 4.69) is 10.2 Å². The summed E-state index contributed by atoms with van der Waals surface area (Å²) in [5.41, 5.74) is 2.44. The first-order chi connectivity index (χ1) is 10.4. The maximum Gasteiger partial charge on any atom is 0.239 e. The van der Waals surface area contributed by atoms with E-state index < -0.39 is 0 Å². The number of hydrogen-bond acceptors (Lipinski definition) is 3. The highest BCUT2D eigenvalue weighted by molar-refractivity contribution is 5.80. The van der Waals surface area contributed by atoms with E-state index in [4.69, 9.17) is 0 Å². The number of rotatable bonds is 5. The summed E-state index contributed by atoms with van der Waals surface area (Å²) >= 11 is 0. The largest absolute Gasteiger partial charge is 0.347 e. The molecule has 22 heavy (non-hydrogen) atoms. The van der Waals surface area contributed by atoms with Crippen LogP contribution < -0.4 is 0 Å². The summed E-state index contributed by atoms with van der Waals surface area (Å²) in [5.74, 6) is -0.249. The van der Waals surface area contributed by atoms with Crippen LogP contribution in [-0.2, 0) is 11.3 Å². The molecule has 0 spiro atoms. The lowest BCUT2D eigenvalue weighted by molar-refractivity contribution is -0.133. The number of carbonyl (C=O) groups excluding carboxylic acids is 1. The normalized spacial score (nSPS) is 12.5. The van der Waals surface area contributed by atoms with Gasteiger partial charge in [-0.15, -0.1) is 0 Å². The molecule has 0 unspecified atom stereocenters. The summed E-state index contributed by atoms with van der Waals surface area (Å²) in [5, 5.41) is 6.96. The van der Waals surface area contributed by atoms with E-state index in [-0.39, 0.29) is 17.8 Å². The van der Waals surface area contributed by atoms with E-state index >= 15 is 0 Å². The summed E-state index contributed by atoms with van der Waals surface area (Å²) in [4.78, 5) is 15.5. The molecule has 2 rings (SSSR count). The predicted molar refractivity (Wildman–Crippen MR) is 83.6 cm³/mol. The fourth-order valence-corrected chi connectivity index (χ4v) is 2.29. The molecule has 1 aromatic carbocycles. The number of aromatic amines is 1. The van der Waals surface area contributed by atoms with Crippen LogP contribution >= 0.6 is 0 Å². The molecular formula is C16H21FN4O. The molecule has 2 aromatic rings. The van der Waals surface area contributed by atoms with Crippen molar-refractivity contribution >= 4 is 5.91 Å². The van der Waals surface area contributed by atoms with E-state index in [1.54, 1.807) is 31.3 Å². The van der Waals surface area contributed by atoms with Crippen molar-refractivity contribution in [2.24, 2.45) is 0 Å². The number of H-pyrrole nitrogens is 1. The third-order valence-electron chi connectivity index (χ3n) is 3.71. The van der Waals surface area contributed by atoms with Crippen LogP contribution in [0.1, 0.15) is 12.5 Å². The first kappa shape index (κ1) is 16.2. The molecule has 0 aliphatic heterocycles. The Balaban J connectivity index is 2.18. The fourth-order valence-electron chi connectivity index (χ4n) is 2.29. The molecule has 0 bridgehead atoms. The zero-order valence-electron chi connectivity index (χ0n) is 13.3. The van der Waals surface area contributed by atoms with Crippen LogP contribution in [0.3, 0.4) is 0 Å². The van der Waals surface area contributed by atoms with Crippen molar-refractivity contribution in [3.8, 4) is 11.3 Å². The monoisotopic (exact) mass is 304 g/mol. The van der Waals surface area contributed by atoms with Gasteiger partial charge in [0, 0.05) is 31.8 Å². The second-order valence-electron chi connectivity index (χ2n) is 5.60. The summed E-state index contributed by atoms with van der Waals surface area (Å²) < 4.78 is 13.4. The van der Waals surface area contributed by atoms with Crippen LogP contribution in [0.5, 0.6) is 0 Å². The van der Waals surface area contributed by atoms with Crippen LogP contribution in [0.25, 0.3) is 11.3 Å². The minimum Gasteiger partial charge on any atom is -0.347 e. The van der Waals surface area contributed by atoms with Crippen LogP contribution in [0.4, 0.5) is 4.39 Å². The maximum absolute atomic E-state index is 13.4. The number of likely N-dealkylation sites (N-methyl/N-ethyl adjacent to an activating group) is 2. The molecular weight excluding hydrogens is 283 g/mol. The van der Waals surface area contributed by atoms with Gasteiger partial charge in [0.15, 0.2) is 0 Å². The first-order valence-corrected chi connectivity index (χ1v) is 7.09. The Morgan fingerprint density at radius 3 is 2.73 bits per heavy atom. The van der Waals surface area contributed by atoms with Crippen molar-refractivity contribution in [3.63, 3.8) is 0 Å². The number of hydrogen-bond donors (Lipinski definition) is 1. The van der Waals surface area contributed by atoms with Crippen molar-refractivity contribution in [1.82, 2.24) is 20.0 Å². The Hall–Kier alpha value is -2.21. The van der Waals surface area contributed by atoms with Gasteiger partial charge in [-0.1, -0.05) is 12.1 Å². The van der Waals surface area contributed by atoms with Gasteiger partial charge in [0.05, 0.1) is 17.9 Å². The zero-order valence-corrected chi connectivity index (χ0v) is 13.3. The summed E-state index contributed by atoms with van der Waals surface area (Å²) in [6, 6.07) is 6.12. The lowest BCUT2D eigenvalue weighted by Crippen LogP contribution is -2.42. The summed E-state index contributed by atoms with van der Waals surface area (Å²) in [6.07, 6.45) is 1.71. The van der Waals surface area contributed by atoms with Crippen LogP contribution in [0.2, 0.25) is 0 Å². The molecule has 0 saturated carbocycles. The standard InChI is InChI=1S/C16H21FN4O/c1-11(16(22)20(2)3)21(4)10-13-9-18-19-15(13)12-6-5-7-14(17)8-12/h5-9,11H,10H2,1-4H3,(H,18,19)/t11-/m0/s1. The van der Waals surface area contributed by atoms with Crippen LogP contribution in [0.15, 0.2) is 30.5 Å². The average molecular weight is 304 g/mol. The molecule has 6 heteroatoms. The molecule has 0 radical (unpaired) electrons. The Labute approximate surface area is 129 Å². The molecule has 1 amide bonds. The number of nitrogens with zero attached hydrogens (tertiary/aromatic N) is 3. The van der Waals surface area contributed by atoms with Gasteiger partial charge in [-0.2, -0.15) is 5.10 Å². The number of halogens is 1. The van der Waals surface area contributed by atoms with E-state index in [1.807, 2.05) is 24.9 Å². The lowest BCUT2D eigenvalue weighted by atomic mass is 10.1. The Morgan fingerprint density at radius 1 is 1.36 bits per heavy atom. The van der Waals surface area contributed by atoms with Gasteiger partial charge in [0.1, 0.15) is 5.82 Å². The van der Waals surface area contributed by atoms with E-state index in [9.17, 15) is 9.18 Å². The van der Waals surface area contributed by atoms with Gasteiger partial charge in [0.25, 0.3) is 0 Å². The van der Waals surface area contributed by atoms with E-state index in [0.717, 1.165) is 16.8 Å². The molecule has 1 aromatic heterocycles. The third-order valence-corrected chi connectivity index (χ3v) is 3.71. The summed E-state index contributed by atoms with van der Waals surface area (Å²) in [6.45, 7) is 2.41. The van der Waals surface area contributed by atoms with Crippen molar-refractivity contribution < 1.29 is 9.18 Å². The second kappa shape index (κ2) is 6.70. The molecule has 0 aliphatic rings. The number of nitrogens with one attached hydrogen (secondary N) is 1. The highest BCUT2D eigenvalue weighted by Crippen LogP contribution is 2.23. The molecule has 5 nitrogen and oxygen atoms in total. The number of carbonyl (C=O) groups is 1. The van der Waals surface area contributed by atoms with E-state index in [1.165, 1.54) is 12.1 Å². The van der Waals surface area contributed by atoms with Gasteiger partial charge in [-0.05, 0) is 26.1 Å². The SMILES string of the molecule is C[C@@H](C(=O)N(C)C)N(C)Cc1cn[nH]c1-c1cccc(F)c1. The minimum atomic E-state index is -0.289. The Kier molecular flexibility index (Phi) is 4.92. The number of amides is 1. The Morgan fingerprint density at radius 2 is 2.09 bits per heavy atom. The average Bonchev–Trinajstić information content (AvgIpc) is 2.93. The second-order valence-corrected chi connectivity index (χ2v) is 5.60. The van der Waals surface area contributed by atoms with Crippen LogP contribution in [-0.4, -0.2) is 53.1 Å². The number of aromatic nitrogens is 2. The van der Waals surface area contributed by atoms with Crippen LogP contribution in [0, 0.1) is 5.82 Å². The van der Waals surface area contributed by atoms with Gasteiger partial charge in [0.2, 0.25) is 5.91 Å². The Bertz CT molecular complexity index is 653. The molecule has 1 atom stereocenters. The molecule has 0 aliphatic carbocycles. The highest BCUT2D eigenvalue weighted by Gasteiger charge is 2.21. The number of benzene rings is 1. The van der Waals surface area contributed by atoms with Gasteiger partial charge < -0.3 is 4.90 Å². The van der Waals surface area contributed by atoms with Gasteiger partial charge in [-0.25, -0.2) is 4.39 Å². The van der Waals surface area contributed by atoms with E-state index in [0.29, 0.717) is 6.54 Å².